The highest BCUT2D eigenvalue weighted by Gasteiger charge is 2.23. The minimum absolute atomic E-state index is 0.0275. The largest absolute Gasteiger partial charge is 0.393 e. The van der Waals surface area contributed by atoms with Gasteiger partial charge in [0, 0.05) is 25.2 Å². The molecule has 1 aliphatic carbocycles. The molecule has 2 amide bonds. The molecule has 0 aromatic heterocycles. The Morgan fingerprint density at radius 1 is 1.05 bits per heavy atom. The number of likely N-dealkylation sites (tertiary alicyclic amines) is 1. The van der Waals surface area contributed by atoms with Crippen LogP contribution in [0.25, 0.3) is 0 Å². The molecule has 1 heterocycles. The summed E-state index contributed by atoms with van der Waals surface area (Å²) in [7, 11) is 0. The molecule has 116 valence electrons. The number of nitrogens with one attached hydrogen (secondary N) is 2. The van der Waals surface area contributed by atoms with E-state index in [4.69, 9.17) is 0 Å². The second kappa shape index (κ2) is 7.84. The minimum Gasteiger partial charge on any atom is -0.393 e. The molecular weight excluding hydrogens is 254 g/mol. The topological polar surface area (TPSA) is 64.6 Å². The quantitative estimate of drug-likeness (QED) is 0.732. The summed E-state index contributed by atoms with van der Waals surface area (Å²) in [5.74, 6) is 0. The van der Waals surface area contributed by atoms with Gasteiger partial charge in [0.05, 0.1) is 6.10 Å². The Labute approximate surface area is 122 Å². The van der Waals surface area contributed by atoms with Gasteiger partial charge in [0.1, 0.15) is 0 Å². The zero-order valence-electron chi connectivity index (χ0n) is 12.6. The number of urea groups is 1. The fraction of sp³-hybridized carbons (Fsp3) is 0.933. The third-order valence-corrected chi connectivity index (χ3v) is 4.49. The molecule has 0 unspecified atom stereocenters. The number of aliphatic hydroxyl groups excluding tert-OH is 1. The van der Waals surface area contributed by atoms with Gasteiger partial charge in [0.15, 0.2) is 0 Å². The number of hydrogen-bond acceptors (Lipinski definition) is 3. The Kier molecular flexibility index (Phi) is 6.10. The highest BCUT2D eigenvalue weighted by molar-refractivity contribution is 5.74. The number of aliphatic hydroxyl groups is 1. The fourth-order valence-electron chi connectivity index (χ4n) is 3.25. The molecule has 3 N–H and O–H groups in total. The smallest absolute Gasteiger partial charge is 0.315 e. The first-order valence-electron chi connectivity index (χ1n) is 8.14. The zero-order chi connectivity index (χ0) is 14.4. The molecule has 0 bridgehead atoms. The summed E-state index contributed by atoms with van der Waals surface area (Å²) >= 11 is 0. The molecule has 0 aromatic rings. The lowest BCUT2D eigenvalue weighted by molar-refractivity contribution is 0.117. The van der Waals surface area contributed by atoms with Gasteiger partial charge in [0.25, 0.3) is 0 Å². The van der Waals surface area contributed by atoms with Gasteiger partial charge in [-0.3, -0.25) is 0 Å². The average molecular weight is 283 g/mol. The lowest BCUT2D eigenvalue weighted by atomic mass is 9.93. The predicted octanol–water partition coefficient (Wildman–Crippen LogP) is 1.46. The predicted molar refractivity (Wildman–Crippen MR) is 79.7 cm³/mol. The van der Waals surface area contributed by atoms with Crippen LogP contribution >= 0.6 is 0 Å². The van der Waals surface area contributed by atoms with E-state index in [1.807, 2.05) is 0 Å². The van der Waals surface area contributed by atoms with Crippen LogP contribution in [-0.2, 0) is 0 Å². The van der Waals surface area contributed by atoms with Gasteiger partial charge >= 0.3 is 6.03 Å². The van der Waals surface area contributed by atoms with Gasteiger partial charge < -0.3 is 20.6 Å². The van der Waals surface area contributed by atoms with Crippen LogP contribution in [0.15, 0.2) is 0 Å². The van der Waals surface area contributed by atoms with Crippen LogP contribution < -0.4 is 10.6 Å². The van der Waals surface area contributed by atoms with Crippen LogP contribution in [0, 0.1) is 0 Å². The lowest BCUT2D eigenvalue weighted by Crippen LogP contribution is -2.50. The molecule has 1 aliphatic heterocycles. The SMILES string of the molecule is CCCN1CCC(NC(=O)NC2CCC(O)CC2)CC1. The maximum atomic E-state index is 12.0. The number of hydrogen-bond donors (Lipinski definition) is 3. The van der Waals surface area contributed by atoms with Crippen LogP contribution in [0.2, 0.25) is 0 Å². The highest BCUT2D eigenvalue weighted by Crippen LogP contribution is 2.18. The van der Waals surface area contributed by atoms with Crippen molar-refractivity contribution >= 4 is 6.03 Å². The molecular formula is C15H29N3O2. The van der Waals surface area contributed by atoms with Crippen molar-refractivity contribution < 1.29 is 9.90 Å². The van der Waals surface area contributed by atoms with Gasteiger partial charge in [-0.1, -0.05) is 6.92 Å². The summed E-state index contributed by atoms with van der Waals surface area (Å²) in [5.41, 5.74) is 0. The van der Waals surface area contributed by atoms with Crippen LogP contribution in [0.3, 0.4) is 0 Å². The van der Waals surface area contributed by atoms with Crippen molar-refractivity contribution in [2.45, 2.75) is 70.1 Å². The van der Waals surface area contributed by atoms with Crippen molar-refractivity contribution in [1.29, 1.82) is 0 Å². The van der Waals surface area contributed by atoms with Crippen LogP contribution in [-0.4, -0.2) is 53.9 Å². The molecule has 1 saturated carbocycles. The van der Waals surface area contributed by atoms with E-state index in [1.54, 1.807) is 0 Å². The molecule has 5 heteroatoms. The average Bonchev–Trinajstić information content (AvgIpc) is 2.44. The van der Waals surface area contributed by atoms with Crippen molar-refractivity contribution in [3.05, 3.63) is 0 Å². The molecule has 0 radical (unpaired) electrons. The molecule has 2 aliphatic rings. The van der Waals surface area contributed by atoms with E-state index in [0.717, 1.165) is 51.6 Å². The van der Waals surface area contributed by atoms with E-state index in [-0.39, 0.29) is 18.2 Å². The Bertz CT molecular complexity index is 295. The molecule has 20 heavy (non-hydrogen) atoms. The van der Waals surface area contributed by atoms with E-state index in [2.05, 4.69) is 22.5 Å². The van der Waals surface area contributed by atoms with Gasteiger partial charge in [-0.15, -0.1) is 0 Å². The second-order valence-corrected chi connectivity index (χ2v) is 6.24. The number of piperidine rings is 1. The lowest BCUT2D eigenvalue weighted by Gasteiger charge is -2.33. The Morgan fingerprint density at radius 3 is 2.15 bits per heavy atom. The maximum Gasteiger partial charge on any atom is 0.315 e. The molecule has 0 spiro atoms. The number of carbonyl (C=O) groups is 1. The monoisotopic (exact) mass is 283 g/mol. The fourth-order valence-corrected chi connectivity index (χ4v) is 3.25. The van der Waals surface area contributed by atoms with Crippen molar-refractivity contribution in [2.24, 2.45) is 0 Å². The van der Waals surface area contributed by atoms with E-state index in [9.17, 15) is 9.90 Å². The number of nitrogens with zero attached hydrogens (tertiary/aromatic N) is 1. The second-order valence-electron chi connectivity index (χ2n) is 6.24. The van der Waals surface area contributed by atoms with Gasteiger partial charge in [-0.05, 0) is 51.5 Å². The van der Waals surface area contributed by atoms with Crippen LogP contribution in [0.1, 0.15) is 51.9 Å². The normalized spacial score (nSPS) is 29.1. The summed E-state index contributed by atoms with van der Waals surface area (Å²) in [4.78, 5) is 14.4. The van der Waals surface area contributed by atoms with Crippen LogP contribution in [0.4, 0.5) is 4.79 Å². The van der Waals surface area contributed by atoms with E-state index < -0.39 is 0 Å². The molecule has 2 fully saturated rings. The summed E-state index contributed by atoms with van der Waals surface area (Å²) in [6.07, 6.45) is 6.53. The maximum absolute atomic E-state index is 12.0. The number of rotatable bonds is 4. The Hall–Kier alpha value is -0.810. The highest BCUT2D eigenvalue weighted by atomic mass is 16.3. The van der Waals surface area contributed by atoms with Crippen LogP contribution in [0.5, 0.6) is 0 Å². The van der Waals surface area contributed by atoms with Gasteiger partial charge in [-0.25, -0.2) is 4.79 Å². The Morgan fingerprint density at radius 2 is 1.60 bits per heavy atom. The number of carbonyl (C=O) groups excluding carboxylic acids is 1. The minimum atomic E-state index is -0.168. The van der Waals surface area contributed by atoms with Crippen molar-refractivity contribution in [1.82, 2.24) is 15.5 Å². The zero-order valence-corrected chi connectivity index (χ0v) is 12.6. The summed E-state index contributed by atoms with van der Waals surface area (Å²) < 4.78 is 0. The first kappa shape index (κ1) is 15.6. The Balaban J connectivity index is 1.63. The van der Waals surface area contributed by atoms with E-state index in [1.165, 1.54) is 13.0 Å². The van der Waals surface area contributed by atoms with Gasteiger partial charge in [-0.2, -0.15) is 0 Å². The standard InChI is InChI=1S/C15H29N3O2/c1-2-9-18-10-7-13(8-11-18)17-15(20)16-12-3-5-14(19)6-4-12/h12-14,19H,2-11H2,1H3,(H2,16,17,20). The first-order valence-corrected chi connectivity index (χ1v) is 8.14. The molecule has 0 atom stereocenters. The molecule has 2 rings (SSSR count). The molecule has 5 nitrogen and oxygen atoms in total. The molecule has 0 aromatic carbocycles. The van der Waals surface area contributed by atoms with Gasteiger partial charge in [0.2, 0.25) is 0 Å². The van der Waals surface area contributed by atoms with E-state index in [0.29, 0.717) is 6.04 Å². The van der Waals surface area contributed by atoms with Crippen molar-refractivity contribution in [2.75, 3.05) is 19.6 Å². The number of amides is 2. The summed E-state index contributed by atoms with van der Waals surface area (Å²) in [6, 6.07) is 0.524. The summed E-state index contributed by atoms with van der Waals surface area (Å²) in [6.45, 7) is 5.56. The molecule has 1 saturated heterocycles. The third kappa shape index (κ3) is 4.94. The first-order chi connectivity index (χ1) is 9.67. The third-order valence-electron chi connectivity index (χ3n) is 4.49. The van der Waals surface area contributed by atoms with Crippen molar-refractivity contribution in [3.63, 3.8) is 0 Å². The van der Waals surface area contributed by atoms with E-state index >= 15 is 0 Å². The van der Waals surface area contributed by atoms with Crippen molar-refractivity contribution in [3.8, 4) is 0 Å². The summed E-state index contributed by atoms with van der Waals surface area (Å²) in [5, 5.41) is 15.6.